The Morgan fingerprint density at radius 1 is 0.385 bits per heavy atom. The number of nitrogens with one attached hydrogen (secondary N) is 4. The predicted molar refractivity (Wildman–Crippen MR) is 455 cm³/mol. The van der Waals surface area contributed by atoms with Crippen LogP contribution >= 0.6 is 0 Å². The van der Waals surface area contributed by atoms with Crippen molar-refractivity contribution in [3.05, 3.63) is 321 Å². The maximum absolute atomic E-state index is 13.5. The zero-order valence-corrected chi connectivity index (χ0v) is 67.7. The van der Waals surface area contributed by atoms with E-state index in [-0.39, 0.29) is 57.2 Å². The number of esters is 3. The normalized spacial score (nSPS) is 11.7. The number of alkyl carbamates (subject to hydrolysis) is 2. The number of carboxylic acid groups (broad SMARTS) is 1. The van der Waals surface area contributed by atoms with Crippen LogP contribution in [0.2, 0.25) is 0 Å². The van der Waals surface area contributed by atoms with Crippen LogP contribution in [0.15, 0.2) is 237 Å². The van der Waals surface area contributed by atoms with Gasteiger partial charge in [0.05, 0.1) is 34.4 Å². The van der Waals surface area contributed by atoms with Gasteiger partial charge >= 0.3 is 36.1 Å². The number of anilines is 3. The second-order valence-corrected chi connectivity index (χ2v) is 30.2. The summed E-state index contributed by atoms with van der Waals surface area (Å²) < 4.78 is 26.9. The number of ether oxygens (including phenoxy) is 5. The molecule has 12 aromatic rings. The van der Waals surface area contributed by atoms with Crippen molar-refractivity contribution in [2.45, 2.75) is 132 Å². The number of aryl methyl sites for hydroxylation is 6. The number of fused-ring (bicyclic) bond motifs is 3. The Kier molecular flexibility index (Phi) is 30.5. The number of carbonyl (C=O) groups excluding carboxylic acids is 7. The quantitative estimate of drug-likeness (QED) is 0.0188. The van der Waals surface area contributed by atoms with Gasteiger partial charge in [0.2, 0.25) is 11.8 Å². The summed E-state index contributed by atoms with van der Waals surface area (Å²) in [6, 6.07) is 60.8. The molecule has 117 heavy (non-hydrogen) atoms. The minimum Gasteiger partial charge on any atom is -0.481 e. The minimum absolute atomic E-state index is 0.0271. The van der Waals surface area contributed by atoms with Gasteiger partial charge < -0.3 is 61.5 Å². The number of nitrogen functional groups attached to an aromatic ring is 1. The van der Waals surface area contributed by atoms with Gasteiger partial charge in [-0.1, -0.05) is 144 Å². The molecule has 0 fully saturated rings. The number of rotatable bonds is 22. The van der Waals surface area contributed by atoms with Crippen molar-refractivity contribution in [1.82, 2.24) is 25.6 Å². The first kappa shape index (κ1) is 87.3. The van der Waals surface area contributed by atoms with Crippen LogP contribution in [-0.2, 0) is 57.9 Å². The molecule has 3 aromatic heterocycles. The number of aromatic nitrogens is 3. The topological polar surface area (TPSA) is 342 Å². The molecule has 0 radical (unpaired) electrons. The molecule has 23 nitrogen and oxygen atoms in total. The maximum Gasteiger partial charge on any atom is 0.407 e. The highest BCUT2D eigenvalue weighted by Gasteiger charge is 2.27. The fourth-order valence-corrected chi connectivity index (χ4v) is 12.3. The second kappa shape index (κ2) is 40.9. The maximum atomic E-state index is 13.5. The Hall–Kier alpha value is -13.7. The van der Waals surface area contributed by atoms with Gasteiger partial charge in [-0.05, 0) is 222 Å². The molecule has 0 aliphatic rings. The van der Waals surface area contributed by atoms with E-state index >= 15 is 0 Å². The summed E-state index contributed by atoms with van der Waals surface area (Å²) in [5.74, 6) is -4.82. The first-order valence-electron chi connectivity index (χ1n) is 38.0. The zero-order chi connectivity index (χ0) is 84.5. The second-order valence-electron chi connectivity index (χ2n) is 30.2. The fraction of sp³-hybridized carbons (Fsp3) is 0.245. The van der Waals surface area contributed by atoms with Gasteiger partial charge in [0.1, 0.15) is 31.0 Å². The van der Waals surface area contributed by atoms with E-state index in [0.29, 0.717) is 39.2 Å². The highest BCUT2D eigenvalue weighted by Crippen LogP contribution is 2.27. The molecule has 12 rings (SSSR count). The molecule has 0 spiro atoms. The molecule has 9 aromatic carbocycles. The van der Waals surface area contributed by atoms with E-state index in [9.17, 15) is 43.5 Å². The van der Waals surface area contributed by atoms with E-state index in [1.165, 1.54) is 0 Å². The zero-order valence-electron chi connectivity index (χ0n) is 67.7. The first-order chi connectivity index (χ1) is 55.7. The highest BCUT2D eigenvalue weighted by atomic mass is 16.6. The Balaban J connectivity index is 0.000000189. The standard InChI is InChI=1S/C33H35N3O5.C28H27N3O3.C24H29NO6.C9H8N2/c1-21-6-13-28(22(2)16-21)31(38)40-20-23-7-9-24(10-8-23)29(19-35-32(39)41-33(3,4)5)30(37)36-27-12-11-26-18-34-15-14-25(26)17-27;1-18-3-10-25(19(2)13-18)28(33)34-17-20-4-6-21(7-5-20)26(15-29)27(32)31-24-9-8-23-16-30-12-11-22(23)14-24;1-15-6-11-19(16(2)12-15)22(28)30-14-17-7-9-18(10-8-17)20(21(26)27)13-25-23(29)31-24(3,4)5;10-9-2-1-8-6-11-4-3-7(8)5-9/h6-18,29H,19-20H2,1-5H3,(H,35,39)(H,36,37);3-14,16,26H,15,17,29H2,1-2H3,(H,31,32);6-12,20H,13-14H2,1-5H3,(H,25,29)(H,26,27);1-6H,10H2/t29-;26-;20-;/m000./s1. The van der Waals surface area contributed by atoms with Crippen LogP contribution in [0.4, 0.5) is 26.7 Å². The van der Waals surface area contributed by atoms with E-state index in [4.69, 9.17) is 35.2 Å². The summed E-state index contributed by atoms with van der Waals surface area (Å²) in [5, 5.41) is 26.8. The molecule has 0 unspecified atom stereocenters. The smallest absolute Gasteiger partial charge is 0.407 e. The van der Waals surface area contributed by atoms with Gasteiger partial charge in [0.25, 0.3) is 0 Å². The largest absolute Gasteiger partial charge is 0.481 e. The lowest BCUT2D eigenvalue weighted by Crippen LogP contribution is -2.37. The first-order valence-corrected chi connectivity index (χ1v) is 38.0. The van der Waals surface area contributed by atoms with Crippen molar-refractivity contribution in [2.75, 3.05) is 36.0 Å². The van der Waals surface area contributed by atoms with Crippen molar-refractivity contribution >= 4 is 97.3 Å². The third-order valence-corrected chi connectivity index (χ3v) is 18.4. The molecule has 3 heterocycles. The lowest BCUT2D eigenvalue weighted by Gasteiger charge is -2.22. The number of hydrogen-bond acceptors (Lipinski definition) is 18. The summed E-state index contributed by atoms with van der Waals surface area (Å²) in [6.45, 7) is 22.5. The molecular weight excluding hydrogens is 1480 g/mol. The van der Waals surface area contributed by atoms with E-state index in [2.05, 4.69) is 36.2 Å². The van der Waals surface area contributed by atoms with Gasteiger partial charge in [-0.15, -0.1) is 0 Å². The molecule has 0 saturated carbocycles. The van der Waals surface area contributed by atoms with Crippen LogP contribution in [-0.4, -0.2) is 98.8 Å². The number of aliphatic carboxylic acids is 1. The molecule has 9 N–H and O–H groups in total. The van der Waals surface area contributed by atoms with Crippen LogP contribution in [0, 0.1) is 41.5 Å². The number of hydrogen-bond donors (Lipinski definition) is 7. The van der Waals surface area contributed by atoms with E-state index in [0.717, 1.165) is 93.6 Å². The molecule has 604 valence electrons. The Labute approximate surface area is 680 Å². The number of nitrogens with two attached hydrogens (primary N) is 2. The number of pyridine rings is 3. The Morgan fingerprint density at radius 3 is 1.05 bits per heavy atom. The third-order valence-electron chi connectivity index (χ3n) is 18.4. The number of amides is 4. The van der Waals surface area contributed by atoms with Crippen LogP contribution < -0.4 is 32.7 Å². The summed E-state index contributed by atoms with van der Waals surface area (Å²) in [6.07, 6.45) is 9.27. The van der Waals surface area contributed by atoms with Crippen molar-refractivity contribution in [3.8, 4) is 0 Å². The molecule has 23 heteroatoms. The molecular formula is C94H99N9O14. The monoisotopic (exact) mass is 1580 g/mol. The Bertz CT molecular complexity index is 5510. The summed E-state index contributed by atoms with van der Waals surface area (Å²) in [7, 11) is 0. The summed E-state index contributed by atoms with van der Waals surface area (Å²) in [4.78, 5) is 112. The lowest BCUT2D eigenvalue weighted by molar-refractivity contribution is -0.138. The average molecular weight is 1580 g/mol. The number of benzene rings is 9. The number of carbonyl (C=O) groups is 8. The van der Waals surface area contributed by atoms with Gasteiger partial charge in [0, 0.05) is 90.0 Å². The average Bonchev–Trinajstić information content (AvgIpc) is 0.841. The molecule has 0 aliphatic heterocycles. The van der Waals surface area contributed by atoms with Gasteiger partial charge in [-0.3, -0.25) is 29.3 Å². The van der Waals surface area contributed by atoms with E-state index in [1.54, 1.807) is 139 Å². The molecule has 3 atom stereocenters. The predicted octanol–water partition coefficient (Wildman–Crippen LogP) is 17.5. The van der Waals surface area contributed by atoms with Gasteiger partial charge in [-0.2, -0.15) is 0 Å². The fourth-order valence-electron chi connectivity index (χ4n) is 12.3. The number of carboxylic acids is 1. The van der Waals surface area contributed by atoms with Crippen LogP contribution in [0.3, 0.4) is 0 Å². The van der Waals surface area contributed by atoms with Crippen LogP contribution in [0.25, 0.3) is 32.3 Å². The minimum atomic E-state index is -1.06. The van der Waals surface area contributed by atoms with Gasteiger partial charge in [-0.25, -0.2) is 24.0 Å². The lowest BCUT2D eigenvalue weighted by atomic mass is 9.96. The van der Waals surface area contributed by atoms with Crippen LogP contribution in [0.1, 0.15) is 157 Å². The van der Waals surface area contributed by atoms with E-state index < -0.39 is 59.1 Å². The molecule has 0 saturated heterocycles. The third kappa shape index (κ3) is 26.7. The van der Waals surface area contributed by atoms with Crippen molar-refractivity contribution < 1.29 is 67.1 Å². The van der Waals surface area contributed by atoms with Gasteiger partial charge in [0.15, 0.2) is 0 Å². The molecule has 0 aliphatic carbocycles. The molecule has 0 bridgehead atoms. The highest BCUT2D eigenvalue weighted by molar-refractivity contribution is 6.00. The van der Waals surface area contributed by atoms with Crippen molar-refractivity contribution in [1.29, 1.82) is 0 Å². The van der Waals surface area contributed by atoms with Crippen molar-refractivity contribution in [3.63, 3.8) is 0 Å². The number of nitrogens with zero attached hydrogens (tertiary/aromatic N) is 3. The molecule has 4 amide bonds. The van der Waals surface area contributed by atoms with E-state index in [1.807, 2.05) is 181 Å². The summed E-state index contributed by atoms with van der Waals surface area (Å²) in [5.41, 5.74) is 24.1. The SMILES string of the molecule is Cc1ccc(C(=O)OCc2ccc([C@H](CN)C(=O)Nc3ccc4cnccc4c3)cc2)c(C)c1.Cc1ccc(C(=O)OCc2ccc([C@H](CNC(=O)OC(C)(C)C)C(=O)Nc3ccc4cnccc4c3)cc2)c(C)c1.Cc1ccc(C(=O)OCc2ccc([C@H](CNC(=O)OC(C)(C)C)C(=O)O)cc2)c(C)c1.Nc1ccc2cnccc2c1. The van der Waals surface area contributed by atoms with Crippen LogP contribution in [0.5, 0.6) is 0 Å². The summed E-state index contributed by atoms with van der Waals surface area (Å²) >= 11 is 0. The van der Waals surface area contributed by atoms with Crippen molar-refractivity contribution in [2.24, 2.45) is 5.73 Å². The Morgan fingerprint density at radius 2 is 0.709 bits per heavy atom.